The lowest BCUT2D eigenvalue weighted by molar-refractivity contribution is -0.150. The molecule has 0 fully saturated rings. The third-order valence-corrected chi connectivity index (χ3v) is 4.28. The lowest BCUT2D eigenvalue weighted by Crippen LogP contribution is -2.23. The first-order valence-corrected chi connectivity index (χ1v) is 7.99. The number of nitrogens with one attached hydrogen (secondary N) is 1. The molecule has 1 aromatic rings. The smallest absolute Gasteiger partial charge is 0.341 e. The molecule has 0 aliphatic heterocycles. The molecule has 0 atom stereocenters. The van der Waals surface area contributed by atoms with Crippen molar-refractivity contribution < 1.29 is 28.6 Å². The zero-order valence-corrected chi connectivity index (χ0v) is 14.5. The molecular weight excluding hydrogens is 322 g/mol. The van der Waals surface area contributed by atoms with Crippen LogP contribution < -0.4 is 5.32 Å². The number of carbonyl (C=O) groups excluding carboxylic acids is 3. The predicted molar refractivity (Wildman–Crippen MR) is 85.9 cm³/mol. The van der Waals surface area contributed by atoms with Crippen LogP contribution in [0.4, 0.5) is 5.00 Å². The first kappa shape index (κ1) is 19.1. The van der Waals surface area contributed by atoms with Gasteiger partial charge in [-0.1, -0.05) is 6.92 Å². The Bertz CT molecular complexity index is 581. The number of aryl methyl sites for hydroxylation is 1. The summed E-state index contributed by atoms with van der Waals surface area (Å²) in [4.78, 5) is 36.1. The predicted octanol–water partition coefficient (Wildman–Crippen LogP) is 1.92. The highest BCUT2D eigenvalue weighted by Crippen LogP contribution is 2.34. The minimum atomic E-state index is -0.634. The largest absolute Gasteiger partial charge is 0.462 e. The molecule has 0 unspecified atom stereocenters. The number of anilines is 1. The average molecular weight is 343 g/mol. The van der Waals surface area contributed by atoms with Gasteiger partial charge in [-0.2, -0.15) is 0 Å². The molecule has 0 aliphatic carbocycles. The Balaban J connectivity index is 2.84. The molecule has 7 nitrogen and oxygen atoms in total. The molecule has 0 saturated heterocycles. The van der Waals surface area contributed by atoms with Crippen LogP contribution in [0.15, 0.2) is 0 Å². The van der Waals surface area contributed by atoms with Gasteiger partial charge in [0.05, 0.1) is 12.2 Å². The maximum Gasteiger partial charge on any atom is 0.341 e. The van der Waals surface area contributed by atoms with Gasteiger partial charge in [0.1, 0.15) is 11.6 Å². The fourth-order valence-electron chi connectivity index (χ4n) is 1.90. The first-order chi connectivity index (χ1) is 10.9. The molecular formula is C15H21NO6S. The number of amides is 1. The van der Waals surface area contributed by atoms with Crippen molar-refractivity contribution in [2.24, 2.45) is 0 Å². The normalized spacial score (nSPS) is 10.3. The first-order valence-electron chi connectivity index (χ1n) is 7.18. The Morgan fingerprint density at radius 3 is 2.39 bits per heavy atom. The summed E-state index contributed by atoms with van der Waals surface area (Å²) in [7, 11) is 1.35. The van der Waals surface area contributed by atoms with Gasteiger partial charge in [-0.25, -0.2) is 9.59 Å². The van der Waals surface area contributed by atoms with Gasteiger partial charge in [-0.05, 0) is 25.8 Å². The van der Waals surface area contributed by atoms with E-state index in [1.165, 1.54) is 18.4 Å². The van der Waals surface area contributed by atoms with E-state index in [9.17, 15) is 14.4 Å². The summed E-state index contributed by atoms with van der Waals surface area (Å²) in [6.07, 6.45) is 0.738. The van der Waals surface area contributed by atoms with E-state index in [1.807, 2.05) is 13.8 Å². The Hall–Kier alpha value is -1.93. The van der Waals surface area contributed by atoms with Gasteiger partial charge in [0.25, 0.3) is 5.91 Å². The van der Waals surface area contributed by atoms with Crippen molar-refractivity contribution >= 4 is 34.2 Å². The maximum absolute atomic E-state index is 12.1. The zero-order valence-electron chi connectivity index (χ0n) is 13.7. The van der Waals surface area contributed by atoms with Gasteiger partial charge >= 0.3 is 11.9 Å². The number of rotatable bonds is 8. The van der Waals surface area contributed by atoms with Crippen LogP contribution in [0, 0.1) is 6.92 Å². The fraction of sp³-hybridized carbons (Fsp3) is 0.533. The van der Waals surface area contributed by atoms with Crippen LogP contribution in [0.1, 0.15) is 34.6 Å². The summed E-state index contributed by atoms with van der Waals surface area (Å²) in [6.45, 7) is 5.08. The van der Waals surface area contributed by atoms with Crippen molar-refractivity contribution in [3.05, 3.63) is 16.0 Å². The summed E-state index contributed by atoms with van der Waals surface area (Å²) in [5.41, 5.74) is 1.15. The van der Waals surface area contributed by atoms with Gasteiger partial charge in [-0.15, -0.1) is 11.3 Å². The van der Waals surface area contributed by atoms with Crippen LogP contribution in [0.25, 0.3) is 0 Å². The highest BCUT2D eigenvalue weighted by molar-refractivity contribution is 7.17. The molecule has 8 heteroatoms. The minimum absolute atomic E-state index is 0.223. The average Bonchev–Trinajstić information content (AvgIpc) is 2.81. The maximum atomic E-state index is 12.1. The van der Waals surface area contributed by atoms with Gasteiger partial charge in [-0.3, -0.25) is 4.79 Å². The van der Waals surface area contributed by atoms with Crippen LogP contribution in [0.5, 0.6) is 0 Å². The van der Waals surface area contributed by atoms with Crippen LogP contribution in [0.3, 0.4) is 0 Å². The van der Waals surface area contributed by atoms with E-state index in [-0.39, 0.29) is 13.2 Å². The van der Waals surface area contributed by atoms with E-state index in [0.29, 0.717) is 10.6 Å². The highest BCUT2D eigenvalue weighted by atomic mass is 32.1. The quantitative estimate of drug-likeness (QED) is 0.725. The van der Waals surface area contributed by atoms with Crippen molar-refractivity contribution in [1.29, 1.82) is 0 Å². The molecule has 1 N–H and O–H groups in total. The third kappa shape index (κ3) is 5.33. The van der Waals surface area contributed by atoms with Crippen LogP contribution >= 0.6 is 11.3 Å². The molecule has 0 bridgehead atoms. The zero-order chi connectivity index (χ0) is 17.4. The Labute approximate surface area is 138 Å². The second-order valence-corrected chi connectivity index (χ2v) is 5.68. The molecule has 0 aromatic carbocycles. The van der Waals surface area contributed by atoms with Crippen molar-refractivity contribution in [2.75, 3.05) is 32.2 Å². The summed E-state index contributed by atoms with van der Waals surface area (Å²) in [5, 5.41) is 3.01. The highest BCUT2D eigenvalue weighted by Gasteiger charge is 2.23. The molecule has 0 aliphatic rings. The molecule has 0 saturated carbocycles. The SMILES string of the molecule is CCOC(=O)c1c(NC(=O)COC(=O)COC)sc(CC)c1C. The lowest BCUT2D eigenvalue weighted by atomic mass is 10.1. The van der Waals surface area contributed by atoms with E-state index in [2.05, 4.69) is 10.1 Å². The molecule has 0 radical (unpaired) electrons. The summed E-state index contributed by atoms with van der Waals surface area (Å²) in [6, 6.07) is 0. The molecule has 1 amide bonds. The number of hydrogen-bond acceptors (Lipinski definition) is 7. The Morgan fingerprint density at radius 2 is 1.83 bits per heavy atom. The number of methoxy groups -OCH3 is 1. The molecule has 23 heavy (non-hydrogen) atoms. The molecule has 1 rings (SSSR count). The van der Waals surface area contributed by atoms with Crippen molar-refractivity contribution in [1.82, 2.24) is 0 Å². The molecule has 1 heterocycles. The van der Waals surface area contributed by atoms with Crippen molar-refractivity contribution in [3.63, 3.8) is 0 Å². The standard InChI is InChI=1S/C15H21NO6S/c1-5-10-9(3)13(15(19)21-6-2)14(23-10)16-11(17)7-22-12(18)8-20-4/h5-8H2,1-4H3,(H,16,17). The van der Waals surface area contributed by atoms with Crippen LogP contribution in [0.2, 0.25) is 0 Å². The summed E-state index contributed by atoms with van der Waals surface area (Å²) in [5.74, 6) is -1.64. The van der Waals surface area contributed by atoms with Crippen LogP contribution in [-0.2, 0) is 30.2 Å². The number of thiophene rings is 1. The second-order valence-electron chi connectivity index (χ2n) is 4.57. The third-order valence-electron chi connectivity index (χ3n) is 2.93. The van der Waals surface area contributed by atoms with Gasteiger partial charge in [0, 0.05) is 12.0 Å². The molecule has 128 valence electrons. The van der Waals surface area contributed by atoms with Gasteiger partial charge in [0.15, 0.2) is 6.61 Å². The van der Waals surface area contributed by atoms with E-state index >= 15 is 0 Å². The summed E-state index contributed by atoms with van der Waals surface area (Å²) >= 11 is 1.32. The second kappa shape index (κ2) is 9.26. The topological polar surface area (TPSA) is 90.9 Å². The number of carbonyl (C=O) groups is 3. The fourth-order valence-corrected chi connectivity index (χ4v) is 3.05. The van der Waals surface area contributed by atoms with Crippen molar-refractivity contribution in [2.45, 2.75) is 27.2 Å². The number of esters is 2. The monoisotopic (exact) mass is 343 g/mol. The Morgan fingerprint density at radius 1 is 1.13 bits per heavy atom. The van der Waals surface area contributed by atoms with Crippen molar-refractivity contribution in [3.8, 4) is 0 Å². The van der Waals surface area contributed by atoms with E-state index in [1.54, 1.807) is 6.92 Å². The van der Waals surface area contributed by atoms with Crippen LogP contribution in [-0.4, -0.2) is 44.8 Å². The van der Waals surface area contributed by atoms with E-state index < -0.39 is 24.5 Å². The van der Waals surface area contributed by atoms with E-state index in [4.69, 9.17) is 9.47 Å². The lowest BCUT2D eigenvalue weighted by Gasteiger charge is -2.07. The number of ether oxygens (including phenoxy) is 3. The molecule has 0 spiro atoms. The van der Waals surface area contributed by atoms with E-state index in [0.717, 1.165) is 16.9 Å². The Kier molecular flexibility index (Phi) is 7.70. The number of hydrogen-bond donors (Lipinski definition) is 1. The summed E-state index contributed by atoms with van der Waals surface area (Å²) < 4.78 is 14.4. The minimum Gasteiger partial charge on any atom is -0.462 e. The van der Waals surface area contributed by atoms with Gasteiger partial charge < -0.3 is 19.5 Å². The molecule has 1 aromatic heterocycles. The van der Waals surface area contributed by atoms with Gasteiger partial charge in [0.2, 0.25) is 0 Å².